The molecule has 0 N–H and O–H groups in total. The van der Waals surface area contributed by atoms with E-state index < -0.39 is 40.3 Å². The van der Waals surface area contributed by atoms with Crippen molar-refractivity contribution >= 4 is 5.97 Å². The maximum Gasteiger partial charge on any atom is 0.341 e. The molecule has 4 aromatic rings. The van der Waals surface area contributed by atoms with Crippen LogP contribution >= 0.6 is 0 Å². The van der Waals surface area contributed by atoms with Gasteiger partial charge in [0.2, 0.25) is 11.6 Å². The number of hydrogen-bond donors (Lipinski definition) is 0. The van der Waals surface area contributed by atoms with Crippen LogP contribution in [0.15, 0.2) is 78.9 Å². The van der Waals surface area contributed by atoms with E-state index in [-0.39, 0.29) is 23.5 Å². The quantitative estimate of drug-likeness (QED) is 0.209. The van der Waals surface area contributed by atoms with E-state index >= 15 is 4.39 Å². The molecule has 0 bridgehead atoms. The molecule has 8 heteroatoms. The van der Waals surface area contributed by atoms with Gasteiger partial charge in [-0.2, -0.15) is 14.9 Å². The second-order valence-corrected chi connectivity index (χ2v) is 7.77. The molecule has 0 amide bonds. The molecule has 0 atom stereocenters. The summed E-state index contributed by atoms with van der Waals surface area (Å²) in [4.78, 5) is 13.0. The molecule has 0 spiro atoms. The average Bonchev–Trinajstić information content (AvgIpc) is 2.93. The Bertz CT molecular complexity index is 1540. The Morgan fingerprint density at radius 3 is 2.00 bits per heavy atom. The number of rotatable bonds is 7. The number of nitrogens with zero attached hydrogens (tertiary/aromatic N) is 2. The topological polar surface area (TPSA) is 83.1 Å². The van der Waals surface area contributed by atoms with Gasteiger partial charge in [0.05, 0.1) is 6.61 Å². The average molecular weight is 498 g/mol. The maximum absolute atomic E-state index is 15.1. The minimum atomic E-state index is -1.81. The summed E-state index contributed by atoms with van der Waals surface area (Å²) in [5, 5.41) is 18.3. The van der Waals surface area contributed by atoms with Crippen molar-refractivity contribution in [1.29, 1.82) is 10.5 Å². The van der Waals surface area contributed by atoms with Crippen LogP contribution in [0.25, 0.3) is 11.1 Å². The lowest BCUT2D eigenvalue weighted by molar-refractivity contribution is 0.0506. The van der Waals surface area contributed by atoms with Crippen LogP contribution in [0.4, 0.5) is 13.2 Å². The molecule has 4 rings (SSSR count). The molecule has 4 aromatic carbocycles. The smallest absolute Gasteiger partial charge is 0.341 e. The van der Waals surface area contributed by atoms with Crippen molar-refractivity contribution < 1.29 is 27.4 Å². The molecule has 0 radical (unpaired) electrons. The summed E-state index contributed by atoms with van der Waals surface area (Å²) in [5.41, 5.74) is -0.531. The number of para-hydroxylation sites is 1. The second-order valence-electron chi connectivity index (χ2n) is 7.77. The third kappa shape index (κ3) is 5.14. The number of carbonyl (C=O) groups is 1. The normalized spacial score (nSPS) is 10.3. The Kier molecular flexibility index (Phi) is 7.51. The van der Waals surface area contributed by atoms with Crippen LogP contribution in [0.1, 0.15) is 27.0 Å². The summed E-state index contributed by atoms with van der Waals surface area (Å²) >= 11 is 0. The van der Waals surface area contributed by atoms with Crippen molar-refractivity contribution in [1.82, 2.24) is 0 Å². The van der Waals surface area contributed by atoms with Crippen LogP contribution in [-0.2, 0) is 11.2 Å². The molecule has 0 aliphatic carbocycles. The number of esters is 1. The molecule has 0 heterocycles. The highest BCUT2D eigenvalue weighted by molar-refractivity contribution is 5.96. The lowest BCUT2D eigenvalue weighted by Crippen LogP contribution is -2.11. The summed E-state index contributed by atoms with van der Waals surface area (Å²) < 4.78 is 55.4. The highest BCUT2D eigenvalue weighted by atomic mass is 19.2. The van der Waals surface area contributed by atoms with Crippen LogP contribution in [0, 0.1) is 40.1 Å². The lowest BCUT2D eigenvalue weighted by Gasteiger charge is -2.17. The Morgan fingerprint density at radius 2 is 1.35 bits per heavy atom. The first-order valence-corrected chi connectivity index (χ1v) is 11.0. The molecule has 0 aliphatic rings. The van der Waals surface area contributed by atoms with Gasteiger partial charge in [0.15, 0.2) is 11.6 Å². The van der Waals surface area contributed by atoms with Gasteiger partial charge in [-0.15, -0.1) is 0 Å². The predicted octanol–water partition coefficient (Wildman–Crippen LogP) is 6.71. The van der Waals surface area contributed by atoms with Crippen LogP contribution in [-0.4, -0.2) is 12.6 Å². The highest BCUT2D eigenvalue weighted by Crippen LogP contribution is 2.40. The van der Waals surface area contributed by atoms with Crippen molar-refractivity contribution in [3.63, 3.8) is 0 Å². The van der Waals surface area contributed by atoms with Crippen LogP contribution in [0.5, 0.6) is 11.5 Å². The van der Waals surface area contributed by atoms with Gasteiger partial charge in [-0.1, -0.05) is 72.8 Å². The molecular formula is C29H17F3N2O3. The zero-order valence-corrected chi connectivity index (χ0v) is 19.2. The van der Waals surface area contributed by atoms with Gasteiger partial charge in [0.1, 0.15) is 34.6 Å². The fourth-order valence-corrected chi connectivity index (χ4v) is 3.68. The Labute approximate surface area is 210 Å². The fraction of sp³-hybridized carbons (Fsp3) is 0.0690. The monoisotopic (exact) mass is 498 g/mol. The second kappa shape index (κ2) is 11.1. The van der Waals surface area contributed by atoms with Crippen LogP contribution < -0.4 is 4.74 Å². The molecule has 0 saturated carbocycles. The van der Waals surface area contributed by atoms with Crippen LogP contribution in [0.3, 0.4) is 0 Å². The molecule has 0 aliphatic heterocycles. The molecule has 182 valence electrons. The number of ether oxygens (including phenoxy) is 2. The first-order chi connectivity index (χ1) is 18.0. The van der Waals surface area contributed by atoms with Gasteiger partial charge in [0.25, 0.3) is 0 Å². The van der Waals surface area contributed by atoms with E-state index in [1.807, 2.05) is 30.3 Å². The van der Waals surface area contributed by atoms with Crippen molar-refractivity contribution in [3.05, 3.63) is 119 Å². The first kappa shape index (κ1) is 25.0. The van der Waals surface area contributed by atoms with Crippen LogP contribution in [0.2, 0.25) is 0 Å². The Morgan fingerprint density at radius 1 is 0.730 bits per heavy atom. The first-order valence-electron chi connectivity index (χ1n) is 11.0. The largest absolute Gasteiger partial charge is 0.462 e. The standard InChI is InChI=1S/C29H17F3N2O3/c30-24-22(16-33)23(17-34)25(31)28(26(24)32)37-27-20(19-10-5-2-6-11-19)12-7-13-21(27)29(35)36-15-14-18-8-3-1-4-9-18/h1-13H,14-15H2. The van der Waals surface area contributed by atoms with Crippen molar-refractivity contribution in [2.45, 2.75) is 6.42 Å². The lowest BCUT2D eigenvalue weighted by atomic mass is 10.0. The maximum atomic E-state index is 15.1. The van der Waals surface area contributed by atoms with E-state index in [1.54, 1.807) is 36.4 Å². The van der Waals surface area contributed by atoms with Crippen molar-refractivity contribution in [2.75, 3.05) is 6.61 Å². The SMILES string of the molecule is N#Cc1c(F)c(F)c(Oc2c(C(=O)OCCc3ccccc3)cccc2-c2ccccc2)c(F)c1C#N. The van der Waals surface area contributed by atoms with E-state index in [0.29, 0.717) is 12.0 Å². The van der Waals surface area contributed by atoms with E-state index in [4.69, 9.17) is 14.7 Å². The van der Waals surface area contributed by atoms with Gasteiger partial charge in [-0.05, 0) is 17.2 Å². The third-order valence-corrected chi connectivity index (χ3v) is 5.49. The van der Waals surface area contributed by atoms with Gasteiger partial charge in [-0.25, -0.2) is 13.6 Å². The Balaban J connectivity index is 1.78. The zero-order valence-electron chi connectivity index (χ0n) is 19.2. The molecule has 0 saturated heterocycles. The number of benzene rings is 4. The van der Waals surface area contributed by atoms with Gasteiger partial charge in [-0.3, -0.25) is 0 Å². The Hall–Kier alpha value is -5.08. The number of halogens is 3. The van der Waals surface area contributed by atoms with Crippen molar-refractivity contribution in [3.8, 4) is 34.8 Å². The number of nitriles is 2. The summed E-state index contributed by atoms with van der Waals surface area (Å²) in [5.74, 6) is -7.50. The summed E-state index contributed by atoms with van der Waals surface area (Å²) in [6.07, 6.45) is 0.427. The third-order valence-electron chi connectivity index (χ3n) is 5.49. The minimum Gasteiger partial charge on any atom is -0.462 e. The van der Waals surface area contributed by atoms with Gasteiger partial charge in [0, 0.05) is 12.0 Å². The molecule has 5 nitrogen and oxygen atoms in total. The fourth-order valence-electron chi connectivity index (χ4n) is 3.68. The zero-order chi connectivity index (χ0) is 26.4. The number of carbonyl (C=O) groups excluding carboxylic acids is 1. The summed E-state index contributed by atoms with van der Waals surface area (Å²) in [6.45, 7) is 0.0185. The summed E-state index contributed by atoms with van der Waals surface area (Å²) in [7, 11) is 0. The highest BCUT2D eigenvalue weighted by Gasteiger charge is 2.29. The molecule has 0 fully saturated rings. The van der Waals surface area contributed by atoms with E-state index in [9.17, 15) is 18.8 Å². The predicted molar refractivity (Wildman–Crippen MR) is 128 cm³/mol. The van der Waals surface area contributed by atoms with E-state index in [0.717, 1.165) is 5.56 Å². The van der Waals surface area contributed by atoms with E-state index in [1.165, 1.54) is 24.3 Å². The summed E-state index contributed by atoms with van der Waals surface area (Å²) in [6, 6.07) is 24.9. The molecule has 0 unspecified atom stereocenters. The molecule has 37 heavy (non-hydrogen) atoms. The number of hydrogen-bond acceptors (Lipinski definition) is 5. The van der Waals surface area contributed by atoms with E-state index in [2.05, 4.69) is 0 Å². The van der Waals surface area contributed by atoms with Gasteiger partial charge >= 0.3 is 5.97 Å². The van der Waals surface area contributed by atoms with Crippen molar-refractivity contribution in [2.24, 2.45) is 0 Å². The van der Waals surface area contributed by atoms with Gasteiger partial charge < -0.3 is 9.47 Å². The molecular weight excluding hydrogens is 481 g/mol. The molecule has 0 aromatic heterocycles. The minimum absolute atomic E-state index is 0.0185.